The molecule has 37 heavy (non-hydrogen) atoms. The van der Waals surface area contributed by atoms with E-state index in [4.69, 9.17) is 10.2 Å². The summed E-state index contributed by atoms with van der Waals surface area (Å²) in [4.78, 5) is 35.3. The SMILES string of the molecule is O=C(CSCSCCS(=O)CSCSCSC(=O)CSCSCC(=O)SCSCCO)SCSCCO. The highest BCUT2D eigenvalue weighted by molar-refractivity contribution is 8.29. The lowest BCUT2D eigenvalue weighted by molar-refractivity contribution is -0.109. The van der Waals surface area contributed by atoms with Crippen LogP contribution in [-0.2, 0) is 25.2 Å². The molecule has 0 aromatic rings. The van der Waals surface area contributed by atoms with Gasteiger partial charge in [0, 0.05) is 64.3 Å². The first-order chi connectivity index (χ1) is 18.0. The summed E-state index contributed by atoms with van der Waals surface area (Å²) in [5.74, 6) is 4.15. The number of rotatable bonds is 27. The summed E-state index contributed by atoms with van der Waals surface area (Å²) in [7, 11) is -0.859. The molecule has 0 spiro atoms. The number of carbonyl (C=O) groups is 3. The molecule has 0 aromatic heterocycles. The van der Waals surface area contributed by atoms with Crippen LogP contribution in [0.5, 0.6) is 0 Å². The first-order valence-corrected chi connectivity index (χ1v) is 24.3. The fourth-order valence-electron chi connectivity index (χ4n) is 1.68. The van der Waals surface area contributed by atoms with Crippen LogP contribution in [0, 0.1) is 0 Å². The predicted molar refractivity (Wildman–Crippen MR) is 189 cm³/mol. The third-order valence-electron chi connectivity index (χ3n) is 3.21. The molecule has 0 heterocycles. The van der Waals surface area contributed by atoms with E-state index in [1.807, 2.05) is 0 Å². The van der Waals surface area contributed by atoms with Gasteiger partial charge in [0.25, 0.3) is 0 Å². The summed E-state index contributed by atoms with van der Waals surface area (Å²) in [6.45, 7) is 0.276. The third-order valence-corrected chi connectivity index (χ3v) is 18.0. The molecule has 0 saturated carbocycles. The normalized spacial score (nSPS) is 12.1. The van der Waals surface area contributed by atoms with Crippen molar-refractivity contribution in [2.75, 3.05) is 89.1 Å². The molecule has 1 unspecified atom stereocenters. The van der Waals surface area contributed by atoms with E-state index in [0.717, 1.165) is 21.0 Å². The van der Waals surface area contributed by atoms with Crippen molar-refractivity contribution in [3.05, 3.63) is 0 Å². The van der Waals surface area contributed by atoms with Gasteiger partial charge in [0.1, 0.15) is 0 Å². The predicted octanol–water partition coefficient (Wildman–Crippen LogP) is 5.07. The number of hydrogen-bond donors (Lipinski definition) is 2. The van der Waals surface area contributed by atoms with Crippen LogP contribution in [0.1, 0.15) is 0 Å². The first kappa shape index (κ1) is 39.9. The monoisotopic (exact) mass is 742 g/mol. The maximum atomic E-state index is 12.1. The fraction of sp³-hybridized carbons (Fsp3) is 0.842. The lowest BCUT2D eigenvalue weighted by Crippen LogP contribution is -2.03. The molecule has 0 saturated heterocycles. The Hall–Kier alpha value is 2.93. The molecule has 2 N–H and O–H groups in total. The fourth-order valence-corrected chi connectivity index (χ4v) is 14.8. The Labute approximate surface area is 270 Å². The molecule has 1 atom stereocenters. The average Bonchev–Trinajstić information content (AvgIpc) is 2.88. The molecule has 0 amide bonds. The molecule has 0 rings (SSSR count). The summed E-state index contributed by atoms with van der Waals surface area (Å²) in [6, 6.07) is 0. The van der Waals surface area contributed by atoms with E-state index in [-0.39, 0.29) is 28.6 Å². The molecule has 0 aliphatic heterocycles. The summed E-state index contributed by atoms with van der Waals surface area (Å²) in [6.07, 6.45) is 0. The second kappa shape index (κ2) is 31.9. The van der Waals surface area contributed by atoms with Gasteiger partial charge in [-0.2, -0.15) is 11.8 Å². The van der Waals surface area contributed by atoms with E-state index in [1.54, 1.807) is 70.6 Å². The first-order valence-electron chi connectivity index (χ1n) is 10.6. The highest BCUT2D eigenvalue weighted by Crippen LogP contribution is 2.23. The van der Waals surface area contributed by atoms with E-state index < -0.39 is 10.8 Å². The lowest BCUT2D eigenvalue weighted by Gasteiger charge is -2.04. The number of carbonyl (C=O) groups excluding carboxylic acids is 3. The van der Waals surface area contributed by atoms with Crippen LogP contribution in [0.15, 0.2) is 0 Å². The Kier molecular flexibility index (Phi) is 34.4. The van der Waals surface area contributed by atoms with Crippen molar-refractivity contribution in [2.45, 2.75) is 0 Å². The van der Waals surface area contributed by atoms with E-state index in [1.165, 1.54) is 58.8 Å². The second-order valence-corrected chi connectivity index (χ2v) is 21.6. The van der Waals surface area contributed by atoms with Gasteiger partial charge in [0.05, 0.1) is 35.6 Å². The number of aliphatic hydroxyl groups is 2. The minimum absolute atomic E-state index is 0.133. The second-order valence-electron chi connectivity index (χ2n) is 6.14. The van der Waals surface area contributed by atoms with E-state index in [9.17, 15) is 18.6 Å². The van der Waals surface area contributed by atoms with Crippen LogP contribution in [0.3, 0.4) is 0 Å². The van der Waals surface area contributed by atoms with Gasteiger partial charge in [-0.3, -0.25) is 18.6 Å². The van der Waals surface area contributed by atoms with Gasteiger partial charge in [-0.25, -0.2) is 0 Å². The standard InChI is InChI=1S/C19H34O6S12/c20-1-3-26-13-34-17(22)7-29-10-28-5-6-37(25)16-33-12-32-15-36-19(24)9-31-11-30-8-18(23)35-14-27-4-2-21/h20-21H,1-16H2. The van der Waals surface area contributed by atoms with Crippen molar-refractivity contribution >= 4 is 156 Å². The van der Waals surface area contributed by atoms with Crippen molar-refractivity contribution in [1.29, 1.82) is 0 Å². The Morgan fingerprint density at radius 3 is 1.41 bits per heavy atom. The van der Waals surface area contributed by atoms with Gasteiger partial charge >= 0.3 is 0 Å². The van der Waals surface area contributed by atoms with Crippen molar-refractivity contribution in [1.82, 2.24) is 0 Å². The maximum absolute atomic E-state index is 12.1. The van der Waals surface area contributed by atoms with Crippen molar-refractivity contribution in [3.63, 3.8) is 0 Å². The Morgan fingerprint density at radius 2 is 0.919 bits per heavy atom. The van der Waals surface area contributed by atoms with Gasteiger partial charge in [-0.1, -0.05) is 35.3 Å². The van der Waals surface area contributed by atoms with Crippen LogP contribution >= 0.6 is 129 Å². The van der Waals surface area contributed by atoms with Crippen LogP contribution < -0.4 is 0 Å². The van der Waals surface area contributed by atoms with Crippen molar-refractivity contribution in [2.24, 2.45) is 0 Å². The maximum Gasteiger partial charge on any atom is 0.199 e. The average molecular weight is 743 g/mol. The molecule has 218 valence electrons. The summed E-state index contributed by atoms with van der Waals surface area (Å²) < 4.78 is 12.1. The molecule has 0 fully saturated rings. The number of hydrogen-bond acceptors (Lipinski definition) is 17. The minimum Gasteiger partial charge on any atom is -0.396 e. The topological polar surface area (TPSA) is 109 Å². The molecule has 0 bridgehead atoms. The van der Waals surface area contributed by atoms with Crippen LogP contribution in [0.4, 0.5) is 0 Å². The summed E-state index contributed by atoms with van der Waals surface area (Å²) in [5, 5.41) is 22.8. The van der Waals surface area contributed by atoms with Gasteiger partial charge in [0.2, 0.25) is 0 Å². The molecule has 0 aliphatic carbocycles. The number of aliphatic hydroxyl groups excluding tert-OH is 2. The summed E-state index contributed by atoms with van der Waals surface area (Å²) in [5.41, 5.74) is 0. The van der Waals surface area contributed by atoms with Crippen molar-refractivity contribution < 1.29 is 28.8 Å². The molecule has 6 nitrogen and oxygen atoms in total. The Bertz CT molecular complexity index is 616. The van der Waals surface area contributed by atoms with Crippen LogP contribution in [0.25, 0.3) is 0 Å². The molecule has 0 aliphatic rings. The van der Waals surface area contributed by atoms with Crippen LogP contribution in [-0.4, -0.2) is 119 Å². The largest absolute Gasteiger partial charge is 0.396 e. The van der Waals surface area contributed by atoms with E-state index in [0.29, 0.717) is 54.9 Å². The van der Waals surface area contributed by atoms with Gasteiger partial charge < -0.3 is 10.2 Å². The lowest BCUT2D eigenvalue weighted by atomic mass is 10.9. The van der Waals surface area contributed by atoms with Gasteiger partial charge in [-0.05, 0) is 0 Å². The smallest absolute Gasteiger partial charge is 0.199 e. The number of thioether (sulfide) groups is 11. The molecule has 0 radical (unpaired) electrons. The van der Waals surface area contributed by atoms with Gasteiger partial charge in [0.15, 0.2) is 15.3 Å². The zero-order valence-electron chi connectivity index (χ0n) is 20.2. The molecule has 18 heteroatoms. The van der Waals surface area contributed by atoms with Gasteiger partial charge in [-0.15, -0.1) is 82.3 Å². The van der Waals surface area contributed by atoms with E-state index in [2.05, 4.69) is 0 Å². The van der Waals surface area contributed by atoms with E-state index >= 15 is 0 Å². The highest BCUT2D eigenvalue weighted by Gasteiger charge is 2.07. The van der Waals surface area contributed by atoms with Crippen LogP contribution in [0.2, 0.25) is 0 Å². The summed E-state index contributed by atoms with van der Waals surface area (Å²) >= 11 is 16.7. The zero-order chi connectivity index (χ0) is 27.4. The zero-order valence-corrected chi connectivity index (χ0v) is 30.0. The van der Waals surface area contributed by atoms with Crippen molar-refractivity contribution in [3.8, 4) is 0 Å². The Morgan fingerprint density at radius 1 is 0.514 bits per heavy atom. The quantitative estimate of drug-likeness (QED) is 0.0863. The Balaban J connectivity index is 3.42. The molecule has 0 aromatic carbocycles. The molecular formula is C19H34O6S12. The molecular weight excluding hydrogens is 709 g/mol. The highest BCUT2D eigenvalue weighted by atomic mass is 32.3. The third kappa shape index (κ3) is 31.7. The minimum atomic E-state index is -0.859.